The highest BCUT2D eigenvalue weighted by atomic mass is 16.6. The normalized spacial score (nSPS) is 39.7. The van der Waals surface area contributed by atoms with Gasteiger partial charge in [-0.3, -0.25) is 20.2 Å². The van der Waals surface area contributed by atoms with E-state index in [1.54, 1.807) is 0 Å². The minimum absolute atomic E-state index is 0.0129. The fourth-order valence-electron chi connectivity index (χ4n) is 8.06. The quantitative estimate of drug-likeness (QED) is 0.438. The molecule has 33 heavy (non-hydrogen) atoms. The maximum Gasteiger partial charge on any atom is 0.411 e. The highest BCUT2D eigenvalue weighted by Crippen LogP contribution is 2.65. The zero-order valence-electron chi connectivity index (χ0n) is 19.5. The van der Waals surface area contributed by atoms with Crippen molar-refractivity contribution in [1.29, 1.82) is 0 Å². The Morgan fingerprint density at radius 2 is 1.82 bits per heavy atom. The summed E-state index contributed by atoms with van der Waals surface area (Å²) in [6.45, 7) is 4.69. The van der Waals surface area contributed by atoms with Gasteiger partial charge in [0.2, 0.25) is 0 Å². The molecule has 1 amide bonds. The average Bonchev–Trinajstić information content (AvgIpc) is 3.09. The summed E-state index contributed by atoms with van der Waals surface area (Å²) < 4.78 is 5.77. The van der Waals surface area contributed by atoms with E-state index in [2.05, 4.69) is 19.2 Å². The zero-order valence-corrected chi connectivity index (χ0v) is 19.5. The SMILES string of the molecule is C[C@]12CC[C@H](OC(=O)Nc3ccc([N+](=O)[O-])cc3)C[C@@H]1CC[C@@H]1[C@@H]2CC[C@]2(C)C(=O)CC[C@@H]12. The first-order valence-corrected chi connectivity index (χ1v) is 12.5. The number of hydrogen-bond donors (Lipinski definition) is 1. The lowest BCUT2D eigenvalue weighted by atomic mass is 9.45. The van der Waals surface area contributed by atoms with Crippen molar-refractivity contribution in [3.8, 4) is 0 Å². The van der Waals surface area contributed by atoms with Crippen molar-refractivity contribution in [1.82, 2.24) is 0 Å². The van der Waals surface area contributed by atoms with E-state index in [1.807, 2.05) is 0 Å². The smallest absolute Gasteiger partial charge is 0.411 e. The Bertz CT molecular complexity index is 962. The van der Waals surface area contributed by atoms with Crippen LogP contribution in [0.25, 0.3) is 0 Å². The van der Waals surface area contributed by atoms with Gasteiger partial charge in [0.1, 0.15) is 11.9 Å². The van der Waals surface area contributed by atoms with Crippen LogP contribution in [-0.4, -0.2) is 22.9 Å². The summed E-state index contributed by atoms with van der Waals surface area (Å²) in [7, 11) is 0. The number of rotatable bonds is 3. The van der Waals surface area contributed by atoms with Gasteiger partial charge >= 0.3 is 6.09 Å². The first-order chi connectivity index (χ1) is 15.7. The van der Waals surface area contributed by atoms with Gasteiger partial charge in [-0.25, -0.2) is 4.79 Å². The van der Waals surface area contributed by atoms with Gasteiger partial charge < -0.3 is 4.74 Å². The summed E-state index contributed by atoms with van der Waals surface area (Å²) in [4.78, 5) is 35.4. The Morgan fingerprint density at radius 3 is 2.55 bits per heavy atom. The fraction of sp³-hybridized carbons (Fsp3) is 0.692. The number of carbonyl (C=O) groups excluding carboxylic acids is 2. The number of benzene rings is 1. The monoisotopic (exact) mass is 454 g/mol. The highest BCUT2D eigenvalue weighted by molar-refractivity contribution is 5.87. The number of nitro groups is 1. The lowest BCUT2D eigenvalue weighted by Gasteiger charge is -2.60. The van der Waals surface area contributed by atoms with Gasteiger partial charge in [0, 0.05) is 29.7 Å². The third-order valence-corrected chi connectivity index (χ3v) is 9.92. The van der Waals surface area contributed by atoms with Gasteiger partial charge in [-0.2, -0.15) is 0 Å². The Balaban J connectivity index is 1.20. The Morgan fingerprint density at radius 1 is 1.06 bits per heavy atom. The van der Waals surface area contributed by atoms with Crippen molar-refractivity contribution in [3.05, 3.63) is 34.4 Å². The van der Waals surface area contributed by atoms with Crippen LogP contribution in [0.15, 0.2) is 24.3 Å². The van der Waals surface area contributed by atoms with Crippen molar-refractivity contribution in [3.63, 3.8) is 0 Å². The lowest BCUT2D eigenvalue weighted by Crippen LogP contribution is -2.54. The molecule has 5 rings (SSSR count). The van der Waals surface area contributed by atoms with Crippen LogP contribution in [0.5, 0.6) is 0 Å². The molecule has 0 aromatic heterocycles. The maximum absolute atomic E-state index is 12.6. The molecule has 4 aliphatic rings. The van der Waals surface area contributed by atoms with Crippen LogP contribution < -0.4 is 5.32 Å². The zero-order chi connectivity index (χ0) is 23.4. The van der Waals surface area contributed by atoms with Crippen molar-refractivity contribution >= 4 is 23.3 Å². The minimum atomic E-state index is -0.496. The van der Waals surface area contributed by atoms with Crippen LogP contribution in [0.1, 0.15) is 71.6 Å². The average molecular weight is 455 g/mol. The molecule has 0 saturated heterocycles. The van der Waals surface area contributed by atoms with E-state index >= 15 is 0 Å². The largest absolute Gasteiger partial charge is 0.446 e. The molecule has 0 bridgehead atoms. The molecule has 4 aliphatic carbocycles. The molecule has 7 atom stereocenters. The number of ether oxygens (including phenoxy) is 1. The summed E-state index contributed by atoms with van der Waals surface area (Å²) in [5.74, 6) is 2.94. The number of fused-ring (bicyclic) bond motifs is 5. The number of nitrogens with zero attached hydrogens (tertiary/aromatic N) is 1. The molecule has 0 radical (unpaired) electrons. The summed E-state index contributed by atoms with van der Waals surface area (Å²) in [5, 5.41) is 13.5. The molecular weight excluding hydrogens is 420 g/mol. The fourth-order valence-corrected chi connectivity index (χ4v) is 8.06. The van der Waals surface area contributed by atoms with E-state index in [-0.39, 0.29) is 22.6 Å². The number of Topliss-reactive ketones (excluding diaryl/α,β-unsaturated/α-hetero) is 1. The second-order valence-corrected chi connectivity index (χ2v) is 11.3. The van der Waals surface area contributed by atoms with Gasteiger partial charge in [0.05, 0.1) is 4.92 Å². The highest BCUT2D eigenvalue weighted by Gasteiger charge is 2.60. The number of non-ortho nitro benzene ring substituents is 1. The van der Waals surface area contributed by atoms with Crippen LogP contribution in [0, 0.1) is 44.6 Å². The number of anilines is 1. The molecule has 4 fully saturated rings. The third kappa shape index (κ3) is 3.73. The van der Waals surface area contributed by atoms with Crippen molar-refractivity contribution in [2.45, 2.75) is 77.7 Å². The molecular formula is C26H34N2O5. The van der Waals surface area contributed by atoms with Gasteiger partial charge in [-0.1, -0.05) is 13.8 Å². The first-order valence-electron chi connectivity index (χ1n) is 12.5. The Kier molecular flexibility index (Phi) is 5.49. The lowest BCUT2D eigenvalue weighted by molar-refractivity contribution is -0.384. The number of carbonyl (C=O) groups is 2. The molecule has 4 saturated carbocycles. The molecule has 1 aromatic rings. The van der Waals surface area contributed by atoms with Crippen LogP contribution in [-0.2, 0) is 9.53 Å². The predicted octanol–water partition coefficient (Wildman–Crippen LogP) is 6.12. The van der Waals surface area contributed by atoms with E-state index in [4.69, 9.17) is 4.74 Å². The van der Waals surface area contributed by atoms with Gasteiger partial charge in [-0.05, 0) is 92.6 Å². The Labute approximate surface area is 194 Å². The van der Waals surface area contributed by atoms with Crippen LogP contribution in [0.4, 0.5) is 16.2 Å². The van der Waals surface area contributed by atoms with Crippen molar-refractivity contribution in [2.24, 2.45) is 34.5 Å². The molecule has 0 spiro atoms. The first kappa shape index (κ1) is 22.4. The molecule has 7 nitrogen and oxygen atoms in total. The molecule has 0 aliphatic heterocycles. The van der Waals surface area contributed by atoms with Crippen molar-refractivity contribution in [2.75, 3.05) is 5.32 Å². The number of hydrogen-bond acceptors (Lipinski definition) is 5. The van der Waals surface area contributed by atoms with E-state index in [9.17, 15) is 19.7 Å². The predicted molar refractivity (Wildman–Crippen MR) is 124 cm³/mol. The third-order valence-electron chi connectivity index (χ3n) is 9.92. The minimum Gasteiger partial charge on any atom is -0.446 e. The second kappa shape index (κ2) is 8.10. The maximum atomic E-state index is 12.6. The van der Waals surface area contributed by atoms with Crippen molar-refractivity contribution < 1.29 is 19.2 Å². The van der Waals surface area contributed by atoms with E-state index in [1.165, 1.54) is 30.7 Å². The summed E-state index contributed by atoms with van der Waals surface area (Å²) in [6.07, 6.45) is 8.62. The number of amides is 1. The Hall–Kier alpha value is -2.44. The molecule has 0 unspecified atom stereocenters. The molecule has 1 aromatic carbocycles. The molecule has 0 heterocycles. The van der Waals surface area contributed by atoms with Crippen LogP contribution in [0.2, 0.25) is 0 Å². The topological polar surface area (TPSA) is 98.5 Å². The number of nitro benzene ring substituents is 1. The van der Waals surface area contributed by atoms with Crippen LogP contribution in [0.3, 0.4) is 0 Å². The van der Waals surface area contributed by atoms with E-state index < -0.39 is 11.0 Å². The van der Waals surface area contributed by atoms with E-state index in [0.29, 0.717) is 35.1 Å². The summed E-state index contributed by atoms with van der Waals surface area (Å²) in [6, 6.07) is 5.77. The summed E-state index contributed by atoms with van der Waals surface area (Å²) >= 11 is 0. The van der Waals surface area contributed by atoms with Gasteiger partial charge in [0.25, 0.3) is 5.69 Å². The number of nitrogens with one attached hydrogen (secondary N) is 1. The van der Waals surface area contributed by atoms with Crippen LogP contribution >= 0.6 is 0 Å². The summed E-state index contributed by atoms with van der Waals surface area (Å²) in [5.41, 5.74) is 0.662. The molecule has 7 heteroatoms. The standard InChI is InChI=1S/C26H34N2O5/c1-25-13-11-19(33-24(30)27-17-4-6-18(7-5-17)28(31)32)15-16(25)3-8-20-21-9-10-23(29)26(21,2)14-12-22(20)25/h4-7,16,19-22H,3,8-15H2,1-2H3,(H,27,30)/t16-,19-,20-,21-,22-,25-,26-/m0/s1. The van der Waals surface area contributed by atoms with E-state index in [0.717, 1.165) is 51.4 Å². The molecule has 1 N–H and O–H groups in total. The molecule has 178 valence electrons. The number of ketones is 1. The van der Waals surface area contributed by atoms with Gasteiger partial charge in [0.15, 0.2) is 0 Å². The second-order valence-electron chi connectivity index (χ2n) is 11.3. The van der Waals surface area contributed by atoms with Gasteiger partial charge in [-0.15, -0.1) is 0 Å².